The highest BCUT2D eigenvalue weighted by Crippen LogP contribution is 2.35. The highest BCUT2D eigenvalue weighted by atomic mass is 16.5. The molecule has 5 fully saturated rings. The zero-order valence-corrected chi connectivity index (χ0v) is 22.5. The molecule has 0 bridgehead atoms. The second-order valence-electron chi connectivity index (χ2n) is 12.0. The minimum atomic E-state index is -0.654. The second kappa shape index (κ2) is 11.1. The Morgan fingerprint density at radius 1 is 1.00 bits per heavy atom. The first-order valence-electron chi connectivity index (χ1n) is 14.7. The number of rotatable bonds is 7. The average molecular weight is 524 g/mol. The van der Waals surface area contributed by atoms with Crippen molar-refractivity contribution in [3.8, 4) is 0 Å². The van der Waals surface area contributed by atoms with Crippen LogP contribution in [0.1, 0.15) is 79.6 Å². The van der Waals surface area contributed by atoms with Gasteiger partial charge in [-0.05, 0) is 81.1 Å². The first kappa shape index (κ1) is 26.0. The van der Waals surface area contributed by atoms with Crippen molar-refractivity contribution in [3.63, 3.8) is 0 Å². The summed E-state index contributed by atoms with van der Waals surface area (Å²) < 4.78 is 11.2. The fourth-order valence-corrected chi connectivity index (χ4v) is 7.24. The minimum absolute atomic E-state index is 0.00534. The summed E-state index contributed by atoms with van der Waals surface area (Å²) in [6.07, 6.45) is 9.34. The maximum absolute atomic E-state index is 13.9. The Bertz CT molecular complexity index is 1030. The van der Waals surface area contributed by atoms with E-state index in [1.165, 1.54) is 44.3 Å². The van der Waals surface area contributed by atoms with Gasteiger partial charge in [-0.3, -0.25) is 14.4 Å². The van der Waals surface area contributed by atoms with E-state index in [2.05, 4.69) is 22.3 Å². The number of ether oxygens (including phenoxy) is 2. The number of likely N-dealkylation sites (tertiary alicyclic amines) is 2. The molecule has 0 unspecified atom stereocenters. The number of nitrogens with zero attached hydrogens (tertiary/aromatic N) is 2. The molecule has 0 spiro atoms. The molecule has 5 aliphatic rings. The molecule has 0 aromatic heterocycles. The van der Waals surface area contributed by atoms with Crippen molar-refractivity contribution in [3.05, 3.63) is 35.4 Å². The predicted molar refractivity (Wildman–Crippen MR) is 142 cm³/mol. The van der Waals surface area contributed by atoms with Crippen LogP contribution in [0.25, 0.3) is 0 Å². The first-order chi connectivity index (χ1) is 18.5. The van der Waals surface area contributed by atoms with Gasteiger partial charge in [0.1, 0.15) is 30.9 Å². The first-order valence-corrected chi connectivity index (χ1v) is 14.7. The Morgan fingerprint density at radius 2 is 1.71 bits per heavy atom. The number of Topliss-reactive ketones (excluding diaryl/α,β-unsaturated/α-hetero) is 1. The number of hydrogen-bond acceptors (Lipinski definition) is 6. The molecule has 3 saturated heterocycles. The van der Waals surface area contributed by atoms with Crippen LogP contribution in [0.5, 0.6) is 0 Å². The molecule has 3 aliphatic heterocycles. The standard InChI is InChI=1S/C30H41N3O5/c1-37-25-17-33(27-24(34)18-38-28(25)27)30(36)26(21-5-3-2-4-6-21)31-29(35)22-9-7-19(8-10-22)20-13-15-32(16-14-20)23-11-12-23/h7-10,20-21,23,25-28H,2-6,11-18H2,1H3,(H,31,35)/t25-,26-,27+,28+/m0/s1. The van der Waals surface area contributed by atoms with Crippen LogP contribution in [0.3, 0.4) is 0 Å². The summed E-state index contributed by atoms with van der Waals surface area (Å²) in [7, 11) is 1.59. The molecule has 2 amide bonds. The van der Waals surface area contributed by atoms with Gasteiger partial charge in [0, 0.05) is 18.7 Å². The van der Waals surface area contributed by atoms with E-state index >= 15 is 0 Å². The fourth-order valence-electron chi connectivity index (χ4n) is 7.24. The fraction of sp³-hybridized carbons (Fsp3) is 0.700. The van der Waals surface area contributed by atoms with Gasteiger partial charge in [-0.15, -0.1) is 0 Å². The molecule has 2 aliphatic carbocycles. The smallest absolute Gasteiger partial charge is 0.251 e. The van der Waals surface area contributed by atoms with Crippen molar-refractivity contribution in [2.24, 2.45) is 5.92 Å². The maximum atomic E-state index is 13.9. The van der Waals surface area contributed by atoms with Crippen LogP contribution in [-0.2, 0) is 19.1 Å². The van der Waals surface area contributed by atoms with Gasteiger partial charge < -0.3 is 24.6 Å². The highest BCUT2D eigenvalue weighted by Gasteiger charge is 2.54. The van der Waals surface area contributed by atoms with Crippen LogP contribution >= 0.6 is 0 Å². The van der Waals surface area contributed by atoms with Gasteiger partial charge in [-0.2, -0.15) is 0 Å². The molecule has 3 heterocycles. The molecule has 4 atom stereocenters. The zero-order valence-electron chi connectivity index (χ0n) is 22.5. The largest absolute Gasteiger partial charge is 0.377 e. The number of carbonyl (C=O) groups is 3. The molecule has 6 rings (SSSR count). The summed E-state index contributed by atoms with van der Waals surface area (Å²) >= 11 is 0. The van der Waals surface area contributed by atoms with Gasteiger partial charge in [0.25, 0.3) is 5.91 Å². The molecule has 1 aromatic rings. The minimum Gasteiger partial charge on any atom is -0.377 e. The molecular weight excluding hydrogens is 482 g/mol. The zero-order chi connectivity index (χ0) is 26.2. The number of methoxy groups -OCH3 is 1. The van der Waals surface area contributed by atoms with Crippen LogP contribution < -0.4 is 5.32 Å². The van der Waals surface area contributed by atoms with Gasteiger partial charge in [-0.25, -0.2) is 0 Å². The van der Waals surface area contributed by atoms with Crippen LogP contribution in [0.15, 0.2) is 24.3 Å². The van der Waals surface area contributed by atoms with E-state index in [4.69, 9.17) is 9.47 Å². The monoisotopic (exact) mass is 523 g/mol. The third-order valence-electron chi connectivity index (χ3n) is 9.63. The summed E-state index contributed by atoms with van der Waals surface area (Å²) in [5, 5.41) is 3.10. The van der Waals surface area contributed by atoms with Gasteiger partial charge >= 0.3 is 0 Å². The van der Waals surface area contributed by atoms with Crippen LogP contribution in [-0.4, -0.2) is 91.1 Å². The number of fused-ring (bicyclic) bond motifs is 1. The summed E-state index contributed by atoms with van der Waals surface area (Å²) in [6, 6.07) is 7.54. The van der Waals surface area contributed by atoms with Crippen LogP contribution in [0, 0.1) is 5.92 Å². The average Bonchev–Trinajstić information content (AvgIpc) is 3.65. The summed E-state index contributed by atoms with van der Waals surface area (Å²) in [6.45, 7) is 2.65. The van der Waals surface area contributed by atoms with E-state index in [9.17, 15) is 14.4 Å². The van der Waals surface area contributed by atoms with Crippen molar-refractivity contribution in [2.75, 3.05) is 33.4 Å². The molecule has 8 heteroatoms. The lowest BCUT2D eigenvalue weighted by molar-refractivity contribution is -0.139. The van der Waals surface area contributed by atoms with Crippen molar-refractivity contribution in [1.82, 2.24) is 15.1 Å². The molecule has 8 nitrogen and oxygen atoms in total. The molecule has 38 heavy (non-hydrogen) atoms. The molecule has 1 aromatic carbocycles. The molecule has 1 N–H and O–H groups in total. The predicted octanol–water partition coefficient (Wildman–Crippen LogP) is 2.90. The van der Waals surface area contributed by atoms with Crippen LogP contribution in [0.2, 0.25) is 0 Å². The number of carbonyl (C=O) groups excluding carboxylic acids is 3. The Morgan fingerprint density at radius 3 is 2.37 bits per heavy atom. The number of amides is 2. The third-order valence-corrected chi connectivity index (χ3v) is 9.63. The Hall–Kier alpha value is -2.29. The summed E-state index contributed by atoms with van der Waals surface area (Å²) in [5.74, 6) is 0.111. The number of benzene rings is 1. The highest BCUT2D eigenvalue weighted by molar-refractivity contribution is 5.99. The molecule has 206 valence electrons. The summed E-state index contributed by atoms with van der Waals surface area (Å²) in [5.41, 5.74) is 1.87. The van der Waals surface area contributed by atoms with Crippen molar-refractivity contribution in [2.45, 2.75) is 94.0 Å². The van der Waals surface area contributed by atoms with Gasteiger partial charge in [0.15, 0.2) is 5.78 Å². The lowest BCUT2D eigenvalue weighted by Gasteiger charge is -2.34. The number of hydrogen-bond donors (Lipinski definition) is 1. The van der Waals surface area contributed by atoms with E-state index in [-0.39, 0.29) is 36.2 Å². The Balaban J connectivity index is 1.14. The third kappa shape index (κ3) is 5.15. The van der Waals surface area contributed by atoms with Crippen LogP contribution in [0.4, 0.5) is 0 Å². The second-order valence-corrected chi connectivity index (χ2v) is 12.0. The number of nitrogens with one attached hydrogen (secondary N) is 1. The topological polar surface area (TPSA) is 88.2 Å². The Labute approximate surface area is 225 Å². The SMILES string of the molecule is CO[C@H]1CN(C(=O)[C@@H](NC(=O)c2ccc(C3CCN(C4CC4)CC3)cc2)C2CCCCC2)[C@@H]2C(=O)CO[C@H]12. The van der Waals surface area contributed by atoms with Crippen molar-refractivity contribution < 1.29 is 23.9 Å². The lowest BCUT2D eigenvalue weighted by Crippen LogP contribution is -2.55. The van der Waals surface area contributed by atoms with Gasteiger partial charge in [0.2, 0.25) is 5.91 Å². The van der Waals surface area contributed by atoms with E-state index in [0.29, 0.717) is 18.0 Å². The van der Waals surface area contributed by atoms with Crippen molar-refractivity contribution in [1.29, 1.82) is 0 Å². The van der Waals surface area contributed by atoms with E-state index in [1.807, 2.05) is 12.1 Å². The number of piperidine rings is 1. The van der Waals surface area contributed by atoms with E-state index < -0.39 is 18.2 Å². The van der Waals surface area contributed by atoms with Crippen molar-refractivity contribution >= 4 is 17.6 Å². The molecule has 0 radical (unpaired) electrons. The lowest BCUT2D eigenvalue weighted by atomic mass is 9.83. The van der Waals surface area contributed by atoms with E-state index in [1.54, 1.807) is 12.0 Å². The quantitative estimate of drug-likeness (QED) is 0.591. The summed E-state index contributed by atoms with van der Waals surface area (Å²) in [4.78, 5) is 44.3. The number of ketones is 1. The molecule has 2 saturated carbocycles. The normalized spacial score (nSPS) is 29.9. The Kier molecular flexibility index (Phi) is 7.56. The molecular formula is C30H41N3O5. The van der Waals surface area contributed by atoms with E-state index in [0.717, 1.165) is 38.1 Å². The van der Waals surface area contributed by atoms with Gasteiger partial charge in [-0.1, -0.05) is 31.4 Å². The van der Waals surface area contributed by atoms with Gasteiger partial charge in [0.05, 0.1) is 6.54 Å². The maximum Gasteiger partial charge on any atom is 0.251 e.